The van der Waals surface area contributed by atoms with Gasteiger partial charge < -0.3 is 9.32 Å². The van der Waals surface area contributed by atoms with Gasteiger partial charge in [0.25, 0.3) is 0 Å². The summed E-state index contributed by atoms with van der Waals surface area (Å²) in [6.07, 6.45) is 0. The second kappa shape index (κ2) is 14.1. The molecular formula is C56H37NO. The van der Waals surface area contributed by atoms with Crippen LogP contribution >= 0.6 is 0 Å². The lowest BCUT2D eigenvalue weighted by Gasteiger charge is -2.26. The number of furan rings is 1. The minimum absolute atomic E-state index is 0.923. The molecule has 11 aromatic rings. The van der Waals surface area contributed by atoms with Gasteiger partial charge in [-0.2, -0.15) is 0 Å². The lowest BCUT2D eigenvalue weighted by molar-refractivity contribution is 0.669. The fourth-order valence-corrected chi connectivity index (χ4v) is 8.49. The molecule has 2 nitrogen and oxygen atoms in total. The van der Waals surface area contributed by atoms with Crippen molar-refractivity contribution in [3.63, 3.8) is 0 Å². The molecular weight excluding hydrogens is 703 g/mol. The van der Waals surface area contributed by atoms with E-state index in [0.717, 1.165) is 33.6 Å². The maximum absolute atomic E-state index is 6.17. The summed E-state index contributed by atoms with van der Waals surface area (Å²) in [5.41, 5.74) is 14.6. The summed E-state index contributed by atoms with van der Waals surface area (Å²) in [7, 11) is 0. The molecule has 1 heterocycles. The summed E-state index contributed by atoms with van der Waals surface area (Å²) in [6.45, 7) is 0. The van der Waals surface area contributed by atoms with Gasteiger partial charge in [0.1, 0.15) is 11.2 Å². The predicted molar refractivity (Wildman–Crippen MR) is 245 cm³/mol. The standard InChI is InChI=1S/C56H37NO/c1-2-10-38(11-3-1)45-16-9-17-51(37-45)57(50-30-24-41(25-31-50)46-21-20-39-12-4-5-13-42(39)35-46)49-28-22-40(23-29-49)43-14-8-15-44(34-43)47-26-32-52-48(36-47)27-33-55-56(52)53-18-6-7-19-54(53)58-55/h1-37H. The van der Waals surface area contributed by atoms with Gasteiger partial charge in [0.15, 0.2) is 0 Å². The van der Waals surface area contributed by atoms with E-state index in [4.69, 9.17) is 4.42 Å². The molecule has 272 valence electrons. The maximum atomic E-state index is 6.17. The summed E-state index contributed by atoms with van der Waals surface area (Å²) in [6, 6.07) is 80.8. The Labute approximate surface area is 337 Å². The molecule has 0 unspecified atom stereocenters. The van der Waals surface area contributed by atoms with E-state index in [0.29, 0.717) is 0 Å². The molecule has 1 aromatic heterocycles. The van der Waals surface area contributed by atoms with Gasteiger partial charge in [-0.3, -0.25) is 0 Å². The number of hydrogen-bond donors (Lipinski definition) is 0. The number of hydrogen-bond acceptors (Lipinski definition) is 2. The first kappa shape index (κ1) is 33.6. The molecule has 0 saturated heterocycles. The van der Waals surface area contributed by atoms with Gasteiger partial charge in [-0.25, -0.2) is 0 Å². The van der Waals surface area contributed by atoms with Crippen LogP contribution in [0.3, 0.4) is 0 Å². The van der Waals surface area contributed by atoms with E-state index in [1.165, 1.54) is 71.4 Å². The summed E-state index contributed by atoms with van der Waals surface area (Å²) in [5, 5.41) is 7.24. The van der Waals surface area contributed by atoms with E-state index in [2.05, 4.69) is 217 Å². The zero-order valence-corrected chi connectivity index (χ0v) is 31.7. The molecule has 0 aliphatic carbocycles. The maximum Gasteiger partial charge on any atom is 0.136 e. The van der Waals surface area contributed by atoms with Gasteiger partial charge in [0.2, 0.25) is 0 Å². The summed E-state index contributed by atoms with van der Waals surface area (Å²) in [5.74, 6) is 0. The molecule has 0 aliphatic heterocycles. The molecule has 10 aromatic carbocycles. The Balaban J connectivity index is 0.940. The van der Waals surface area contributed by atoms with Crippen molar-refractivity contribution in [3.05, 3.63) is 224 Å². The SMILES string of the molecule is c1ccc(-c2cccc(N(c3ccc(-c4cccc(-c5ccc6c(ccc7oc8ccccc8c76)c5)c4)cc3)c3ccc(-c4ccc5ccccc5c4)cc3)c2)cc1. The van der Waals surface area contributed by atoms with Crippen LogP contribution in [0.15, 0.2) is 229 Å². The second-order valence-electron chi connectivity index (χ2n) is 15.0. The van der Waals surface area contributed by atoms with Crippen LogP contribution in [0.1, 0.15) is 0 Å². The minimum Gasteiger partial charge on any atom is -0.456 e. The molecule has 58 heavy (non-hydrogen) atoms. The van der Waals surface area contributed by atoms with Gasteiger partial charge in [0, 0.05) is 27.8 Å². The van der Waals surface area contributed by atoms with Crippen LogP contribution in [-0.2, 0) is 0 Å². The normalized spacial score (nSPS) is 11.4. The first-order chi connectivity index (χ1) is 28.7. The van der Waals surface area contributed by atoms with E-state index in [1.807, 2.05) is 12.1 Å². The van der Waals surface area contributed by atoms with Crippen molar-refractivity contribution < 1.29 is 4.42 Å². The van der Waals surface area contributed by atoms with Crippen LogP contribution in [0, 0.1) is 0 Å². The molecule has 0 amide bonds. The van der Waals surface area contributed by atoms with Crippen LogP contribution in [0.4, 0.5) is 17.1 Å². The van der Waals surface area contributed by atoms with Gasteiger partial charge in [-0.1, -0.05) is 158 Å². The number of rotatable bonds is 7. The van der Waals surface area contributed by atoms with Crippen molar-refractivity contribution >= 4 is 60.5 Å². The number of anilines is 3. The topological polar surface area (TPSA) is 16.4 Å². The average Bonchev–Trinajstić information content (AvgIpc) is 3.69. The van der Waals surface area contributed by atoms with Crippen molar-refractivity contribution in [2.75, 3.05) is 4.90 Å². The summed E-state index contributed by atoms with van der Waals surface area (Å²) in [4.78, 5) is 2.35. The van der Waals surface area contributed by atoms with Gasteiger partial charge in [0.05, 0.1) is 0 Å². The van der Waals surface area contributed by atoms with E-state index < -0.39 is 0 Å². The molecule has 0 bridgehead atoms. The van der Waals surface area contributed by atoms with Crippen LogP contribution in [0.2, 0.25) is 0 Å². The molecule has 0 radical (unpaired) electrons. The van der Waals surface area contributed by atoms with Crippen molar-refractivity contribution in [1.82, 2.24) is 0 Å². The molecule has 2 heteroatoms. The number of nitrogens with zero attached hydrogens (tertiary/aromatic N) is 1. The first-order valence-corrected chi connectivity index (χ1v) is 19.8. The Kier molecular flexibility index (Phi) is 8.19. The molecule has 0 atom stereocenters. The van der Waals surface area contributed by atoms with Crippen LogP contribution in [-0.4, -0.2) is 0 Å². The Hall–Kier alpha value is -7.68. The monoisotopic (exact) mass is 739 g/mol. The van der Waals surface area contributed by atoms with Crippen molar-refractivity contribution in [2.24, 2.45) is 0 Å². The quantitative estimate of drug-likeness (QED) is 0.162. The van der Waals surface area contributed by atoms with Crippen molar-refractivity contribution in [3.8, 4) is 44.5 Å². The third-order valence-corrected chi connectivity index (χ3v) is 11.4. The highest BCUT2D eigenvalue weighted by Crippen LogP contribution is 2.40. The Bertz CT molecular complexity index is 3270. The van der Waals surface area contributed by atoms with Gasteiger partial charge in [-0.05, 0) is 133 Å². The van der Waals surface area contributed by atoms with Crippen LogP contribution in [0.25, 0.3) is 88.0 Å². The smallest absolute Gasteiger partial charge is 0.136 e. The lowest BCUT2D eigenvalue weighted by Crippen LogP contribution is -2.10. The molecule has 0 fully saturated rings. The average molecular weight is 740 g/mol. The molecule has 11 rings (SSSR count). The fourth-order valence-electron chi connectivity index (χ4n) is 8.49. The van der Waals surface area contributed by atoms with E-state index in [1.54, 1.807) is 0 Å². The van der Waals surface area contributed by atoms with Gasteiger partial charge in [-0.15, -0.1) is 0 Å². The number of fused-ring (bicyclic) bond motifs is 6. The number of benzene rings is 10. The highest BCUT2D eigenvalue weighted by atomic mass is 16.3. The number of para-hydroxylation sites is 1. The molecule has 0 spiro atoms. The second-order valence-corrected chi connectivity index (χ2v) is 15.0. The Morgan fingerprint density at radius 3 is 1.55 bits per heavy atom. The Morgan fingerprint density at radius 2 is 0.776 bits per heavy atom. The highest BCUT2D eigenvalue weighted by Gasteiger charge is 2.16. The van der Waals surface area contributed by atoms with E-state index >= 15 is 0 Å². The summed E-state index contributed by atoms with van der Waals surface area (Å²) >= 11 is 0. The molecule has 0 saturated carbocycles. The first-order valence-electron chi connectivity index (χ1n) is 19.8. The Morgan fingerprint density at radius 1 is 0.259 bits per heavy atom. The van der Waals surface area contributed by atoms with Gasteiger partial charge >= 0.3 is 0 Å². The van der Waals surface area contributed by atoms with Crippen molar-refractivity contribution in [1.29, 1.82) is 0 Å². The molecule has 0 N–H and O–H groups in total. The fraction of sp³-hybridized carbons (Fsp3) is 0. The predicted octanol–water partition coefficient (Wildman–Crippen LogP) is 16.0. The minimum atomic E-state index is 0.923. The lowest BCUT2D eigenvalue weighted by atomic mass is 9.96. The molecule has 0 aliphatic rings. The third-order valence-electron chi connectivity index (χ3n) is 11.4. The zero-order chi connectivity index (χ0) is 38.4. The highest BCUT2D eigenvalue weighted by molar-refractivity contribution is 6.19. The largest absolute Gasteiger partial charge is 0.456 e. The van der Waals surface area contributed by atoms with Crippen LogP contribution in [0.5, 0.6) is 0 Å². The summed E-state index contributed by atoms with van der Waals surface area (Å²) < 4.78 is 6.17. The third kappa shape index (κ3) is 6.09. The van der Waals surface area contributed by atoms with Crippen molar-refractivity contribution in [2.45, 2.75) is 0 Å². The van der Waals surface area contributed by atoms with E-state index in [9.17, 15) is 0 Å². The van der Waals surface area contributed by atoms with E-state index in [-0.39, 0.29) is 0 Å². The van der Waals surface area contributed by atoms with Crippen LogP contribution < -0.4 is 4.90 Å². The zero-order valence-electron chi connectivity index (χ0n) is 31.7.